The van der Waals surface area contributed by atoms with Gasteiger partial charge in [-0.15, -0.1) is 0 Å². The van der Waals surface area contributed by atoms with E-state index in [1.807, 2.05) is 66.7 Å². The number of hydrogen-bond donors (Lipinski definition) is 2. The van der Waals surface area contributed by atoms with Crippen LogP contribution in [0.4, 0.5) is 5.95 Å². The van der Waals surface area contributed by atoms with Gasteiger partial charge in [-0.05, 0) is 41.0 Å². The lowest BCUT2D eigenvalue weighted by Gasteiger charge is -2.08. The normalized spacial score (nSPS) is 11.2. The van der Waals surface area contributed by atoms with E-state index >= 15 is 0 Å². The second kappa shape index (κ2) is 8.11. The molecule has 32 heavy (non-hydrogen) atoms. The lowest BCUT2D eigenvalue weighted by atomic mass is 10.0. The fraction of sp³-hybridized carbons (Fsp3) is 0.120. The van der Waals surface area contributed by atoms with Gasteiger partial charge in [0.1, 0.15) is 0 Å². The van der Waals surface area contributed by atoms with E-state index in [1.54, 1.807) is 17.8 Å². The summed E-state index contributed by atoms with van der Waals surface area (Å²) in [5.74, 6) is 0.327. The summed E-state index contributed by atoms with van der Waals surface area (Å²) in [5.41, 5.74) is 5.04. The lowest BCUT2D eigenvalue weighted by molar-refractivity contribution is -0.115. The summed E-state index contributed by atoms with van der Waals surface area (Å²) >= 11 is 0. The number of nitrogens with one attached hydrogen (secondary N) is 2. The molecule has 2 N–H and O–H groups in total. The summed E-state index contributed by atoms with van der Waals surface area (Å²) in [5, 5.41) is 3.31. The third-order valence-corrected chi connectivity index (χ3v) is 5.41. The molecule has 0 aliphatic rings. The summed E-state index contributed by atoms with van der Waals surface area (Å²) in [4.78, 5) is 36.8. The Morgan fingerprint density at radius 2 is 1.75 bits per heavy atom. The van der Waals surface area contributed by atoms with Gasteiger partial charge < -0.3 is 4.98 Å². The van der Waals surface area contributed by atoms with Crippen LogP contribution in [-0.2, 0) is 11.3 Å². The SMILES string of the molecule is CCC(=O)Nc1nc2ccc(-c3ccc4ncn(Cc5ccccc5)c(=O)c4c3)cc2[nH]1. The number of nitrogens with zero attached hydrogens (tertiary/aromatic N) is 3. The van der Waals surface area contributed by atoms with Crippen molar-refractivity contribution >= 4 is 33.8 Å². The Balaban J connectivity index is 1.52. The van der Waals surface area contributed by atoms with Crippen LogP contribution >= 0.6 is 0 Å². The summed E-state index contributed by atoms with van der Waals surface area (Å²) in [6.45, 7) is 2.26. The van der Waals surface area contributed by atoms with Crippen LogP contribution in [0.25, 0.3) is 33.1 Å². The van der Waals surface area contributed by atoms with Gasteiger partial charge in [0.05, 0.1) is 34.8 Å². The molecule has 0 saturated heterocycles. The van der Waals surface area contributed by atoms with Crippen LogP contribution in [0.15, 0.2) is 77.9 Å². The molecule has 0 spiro atoms. The van der Waals surface area contributed by atoms with Crippen LogP contribution in [0.1, 0.15) is 18.9 Å². The van der Waals surface area contributed by atoms with Gasteiger partial charge in [0.15, 0.2) is 0 Å². The third kappa shape index (κ3) is 3.76. The van der Waals surface area contributed by atoms with E-state index < -0.39 is 0 Å². The second-order valence-corrected chi connectivity index (χ2v) is 7.61. The van der Waals surface area contributed by atoms with Crippen LogP contribution in [0.5, 0.6) is 0 Å². The molecule has 0 saturated carbocycles. The van der Waals surface area contributed by atoms with Gasteiger partial charge in [0.2, 0.25) is 11.9 Å². The van der Waals surface area contributed by atoms with Gasteiger partial charge in [-0.3, -0.25) is 19.5 Å². The first-order valence-corrected chi connectivity index (χ1v) is 10.4. The van der Waals surface area contributed by atoms with Crippen molar-refractivity contribution in [2.24, 2.45) is 0 Å². The average Bonchev–Trinajstić information content (AvgIpc) is 3.22. The number of aromatic nitrogens is 4. The molecule has 0 unspecified atom stereocenters. The van der Waals surface area contributed by atoms with Gasteiger partial charge in [-0.1, -0.05) is 49.4 Å². The predicted octanol–water partition coefficient (Wildman–Crippen LogP) is 4.34. The molecule has 0 fully saturated rings. The Labute approximate surface area is 183 Å². The van der Waals surface area contributed by atoms with Crippen LogP contribution in [-0.4, -0.2) is 25.4 Å². The zero-order valence-corrected chi connectivity index (χ0v) is 17.5. The molecule has 0 atom stereocenters. The Bertz CT molecular complexity index is 1500. The maximum Gasteiger partial charge on any atom is 0.261 e. The highest BCUT2D eigenvalue weighted by atomic mass is 16.1. The van der Waals surface area contributed by atoms with E-state index in [2.05, 4.69) is 20.3 Å². The molecule has 0 aliphatic carbocycles. The highest BCUT2D eigenvalue weighted by Crippen LogP contribution is 2.26. The Kier molecular flexibility index (Phi) is 4.99. The van der Waals surface area contributed by atoms with Gasteiger partial charge in [0.25, 0.3) is 5.56 Å². The molecule has 2 heterocycles. The standard InChI is InChI=1S/C25H21N5O2/c1-2-23(31)29-25-27-21-11-9-18(13-22(21)28-25)17-8-10-20-19(12-17)24(32)30(15-26-20)14-16-6-4-3-5-7-16/h3-13,15H,2,14H2,1H3,(H2,27,28,29,31). The van der Waals surface area contributed by atoms with Crippen molar-refractivity contribution < 1.29 is 4.79 Å². The molecule has 0 radical (unpaired) electrons. The number of rotatable bonds is 5. The predicted molar refractivity (Wildman–Crippen MR) is 126 cm³/mol. The smallest absolute Gasteiger partial charge is 0.261 e. The molecule has 7 heteroatoms. The fourth-order valence-corrected chi connectivity index (χ4v) is 3.70. The van der Waals surface area contributed by atoms with Gasteiger partial charge >= 0.3 is 0 Å². The molecule has 0 bridgehead atoms. The molecule has 5 aromatic rings. The van der Waals surface area contributed by atoms with Crippen molar-refractivity contribution in [2.75, 3.05) is 5.32 Å². The number of hydrogen-bond acceptors (Lipinski definition) is 4. The average molecular weight is 423 g/mol. The molecule has 5 rings (SSSR count). The first-order chi connectivity index (χ1) is 15.6. The molecular weight excluding hydrogens is 402 g/mol. The summed E-state index contributed by atoms with van der Waals surface area (Å²) < 4.78 is 1.63. The fourth-order valence-electron chi connectivity index (χ4n) is 3.70. The van der Waals surface area contributed by atoms with Gasteiger partial charge in [-0.2, -0.15) is 0 Å². The molecule has 3 aromatic carbocycles. The van der Waals surface area contributed by atoms with Crippen LogP contribution in [0, 0.1) is 0 Å². The third-order valence-electron chi connectivity index (χ3n) is 5.41. The van der Waals surface area contributed by atoms with Crippen molar-refractivity contribution in [3.05, 3.63) is 89.0 Å². The Morgan fingerprint density at radius 1 is 1.00 bits per heavy atom. The van der Waals surface area contributed by atoms with E-state index in [0.717, 1.165) is 27.7 Å². The highest BCUT2D eigenvalue weighted by molar-refractivity contribution is 5.92. The van der Waals surface area contributed by atoms with Crippen molar-refractivity contribution in [3.63, 3.8) is 0 Å². The van der Waals surface area contributed by atoms with E-state index in [0.29, 0.717) is 29.8 Å². The first-order valence-electron chi connectivity index (χ1n) is 10.4. The molecule has 1 amide bonds. The first kappa shape index (κ1) is 19.7. The van der Waals surface area contributed by atoms with E-state index in [1.165, 1.54) is 0 Å². The van der Waals surface area contributed by atoms with Crippen LogP contribution < -0.4 is 10.9 Å². The van der Waals surface area contributed by atoms with E-state index in [4.69, 9.17) is 0 Å². The quantitative estimate of drug-likeness (QED) is 0.440. The largest absolute Gasteiger partial charge is 0.324 e. The monoisotopic (exact) mass is 423 g/mol. The van der Waals surface area contributed by atoms with Gasteiger partial charge in [-0.25, -0.2) is 9.97 Å². The number of imidazole rings is 1. The minimum atomic E-state index is -0.0990. The minimum absolute atomic E-state index is 0.0760. The maximum absolute atomic E-state index is 13.1. The number of benzene rings is 3. The zero-order chi connectivity index (χ0) is 22.1. The molecule has 7 nitrogen and oxygen atoms in total. The number of H-pyrrole nitrogens is 1. The number of anilines is 1. The molecule has 158 valence electrons. The highest BCUT2D eigenvalue weighted by Gasteiger charge is 2.10. The second-order valence-electron chi connectivity index (χ2n) is 7.61. The lowest BCUT2D eigenvalue weighted by Crippen LogP contribution is -2.21. The number of carbonyl (C=O) groups excluding carboxylic acids is 1. The Hall–Kier alpha value is -4.26. The van der Waals surface area contributed by atoms with Crippen molar-refractivity contribution in [3.8, 4) is 11.1 Å². The summed E-state index contributed by atoms with van der Waals surface area (Å²) in [6.07, 6.45) is 1.98. The molecular formula is C25H21N5O2. The van der Waals surface area contributed by atoms with E-state index in [-0.39, 0.29) is 11.5 Å². The van der Waals surface area contributed by atoms with Gasteiger partial charge in [0, 0.05) is 6.42 Å². The van der Waals surface area contributed by atoms with Crippen LogP contribution in [0.2, 0.25) is 0 Å². The number of fused-ring (bicyclic) bond motifs is 2. The summed E-state index contributed by atoms with van der Waals surface area (Å²) in [7, 11) is 0. The molecule has 2 aromatic heterocycles. The summed E-state index contributed by atoms with van der Waals surface area (Å²) in [6, 6.07) is 21.3. The van der Waals surface area contributed by atoms with E-state index in [9.17, 15) is 9.59 Å². The van der Waals surface area contributed by atoms with Crippen molar-refractivity contribution in [1.29, 1.82) is 0 Å². The number of amides is 1. The number of carbonyl (C=O) groups is 1. The van der Waals surface area contributed by atoms with Crippen molar-refractivity contribution in [1.82, 2.24) is 19.5 Å². The van der Waals surface area contributed by atoms with Crippen molar-refractivity contribution in [2.45, 2.75) is 19.9 Å². The van der Waals surface area contributed by atoms with Crippen LogP contribution in [0.3, 0.4) is 0 Å². The number of aromatic amines is 1. The maximum atomic E-state index is 13.1. The Morgan fingerprint density at radius 3 is 2.53 bits per heavy atom. The minimum Gasteiger partial charge on any atom is -0.324 e. The molecule has 0 aliphatic heterocycles. The topological polar surface area (TPSA) is 92.7 Å². The zero-order valence-electron chi connectivity index (χ0n) is 17.5.